The zero-order valence-electron chi connectivity index (χ0n) is 12.8. The molecule has 0 aliphatic heterocycles. The van der Waals surface area contributed by atoms with Gasteiger partial charge in [-0.25, -0.2) is 0 Å². The van der Waals surface area contributed by atoms with Crippen LogP contribution in [-0.4, -0.2) is 10.2 Å². The zero-order valence-corrected chi connectivity index (χ0v) is 13.5. The van der Waals surface area contributed by atoms with Gasteiger partial charge in [-0.1, -0.05) is 66.2 Å². The SMILES string of the molecule is Nc1cccc(-c2c(-c3ccccc3)nnc3c(Cl)cccc23)c1. The lowest BCUT2D eigenvalue weighted by Gasteiger charge is -2.13. The van der Waals surface area contributed by atoms with E-state index in [4.69, 9.17) is 17.3 Å². The summed E-state index contributed by atoms with van der Waals surface area (Å²) in [4.78, 5) is 0. The van der Waals surface area contributed by atoms with E-state index in [1.165, 1.54) is 0 Å². The Labute approximate surface area is 144 Å². The number of nitrogens with two attached hydrogens (primary N) is 1. The number of nitrogen functional groups attached to an aromatic ring is 1. The van der Waals surface area contributed by atoms with Crippen molar-refractivity contribution in [3.63, 3.8) is 0 Å². The van der Waals surface area contributed by atoms with Crippen molar-refractivity contribution >= 4 is 28.2 Å². The molecule has 3 aromatic carbocycles. The summed E-state index contributed by atoms with van der Waals surface area (Å²) in [6, 6.07) is 23.6. The third-order valence-electron chi connectivity index (χ3n) is 3.97. The lowest BCUT2D eigenvalue weighted by molar-refractivity contribution is 1.08. The molecule has 116 valence electrons. The van der Waals surface area contributed by atoms with Crippen molar-refractivity contribution in [3.8, 4) is 22.4 Å². The number of halogens is 1. The van der Waals surface area contributed by atoms with Gasteiger partial charge in [0.05, 0.1) is 5.02 Å². The van der Waals surface area contributed by atoms with Crippen LogP contribution in [0.2, 0.25) is 5.02 Å². The van der Waals surface area contributed by atoms with Crippen LogP contribution >= 0.6 is 11.6 Å². The quantitative estimate of drug-likeness (QED) is 0.514. The minimum atomic E-state index is 0.588. The smallest absolute Gasteiger partial charge is 0.112 e. The molecule has 0 saturated heterocycles. The Bertz CT molecular complexity index is 1030. The van der Waals surface area contributed by atoms with E-state index in [0.717, 1.165) is 27.8 Å². The first-order valence-electron chi connectivity index (χ1n) is 7.60. The largest absolute Gasteiger partial charge is 0.399 e. The van der Waals surface area contributed by atoms with Gasteiger partial charge in [-0.15, -0.1) is 10.2 Å². The lowest BCUT2D eigenvalue weighted by atomic mass is 9.95. The maximum absolute atomic E-state index is 6.32. The molecular weight excluding hydrogens is 318 g/mol. The van der Waals surface area contributed by atoms with Gasteiger partial charge >= 0.3 is 0 Å². The van der Waals surface area contributed by atoms with Gasteiger partial charge in [0.25, 0.3) is 0 Å². The van der Waals surface area contributed by atoms with Crippen LogP contribution < -0.4 is 5.73 Å². The topological polar surface area (TPSA) is 51.8 Å². The summed E-state index contributed by atoms with van der Waals surface area (Å²) in [5, 5.41) is 10.4. The minimum Gasteiger partial charge on any atom is -0.399 e. The monoisotopic (exact) mass is 331 g/mol. The first-order chi connectivity index (χ1) is 11.7. The molecule has 4 rings (SSSR count). The number of rotatable bonds is 2. The highest BCUT2D eigenvalue weighted by Crippen LogP contribution is 2.37. The van der Waals surface area contributed by atoms with Crippen LogP contribution in [0.5, 0.6) is 0 Å². The predicted molar refractivity (Wildman–Crippen MR) is 99.8 cm³/mol. The molecule has 0 spiro atoms. The fourth-order valence-corrected chi connectivity index (χ4v) is 3.09. The van der Waals surface area contributed by atoms with Gasteiger partial charge in [0.15, 0.2) is 0 Å². The van der Waals surface area contributed by atoms with Crippen molar-refractivity contribution in [2.75, 3.05) is 5.73 Å². The van der Waals surface area contributed by atoms with Crippen molar-refractivity contribution < 1.29 is 0 Å². The van der Waals surface area contributed by atoms with Crippen molar-refractivity contribution in [1.82, 2.24) is 10.2 Å². The molecule has 4 heteroatoms. The van der Waals surface area contributed by atoms with Crippen LogP contribution in [-0.2, 0) is 0 Å². The third-order valence-corrected chi connectivity index (χ3v) is 4.27. The maximum atomic E-state index is 6.32. The van der Waals surface area contributed by atoms with Crippen LogP contribution in [0, 0.1) is 0 Å². The molecule has 0 atom stereocenters. The van der Waals surface area contributed by atoms with Gasteiger partial charge in [-0.3, -0.25) is 0 Å². The fraction of sp³-hybridized carbons (Fsp3) is 0. The highest BCUT2D eigenvalue weighted by atomic mass is 35.5. The molecule has 0 unspecified atom stereocenters. The van der Waals surface area contributed by atoms with Gasteiger partial charge in [-0.2, -0.15) is 0 Å². The van der Waals surface area contributed by atoms with Gasteiger partial charge in [0.1, 0.15) is 11.2 Å². The zero-order chi connectivity index (χ0) is 16.5. The summed E-state index contributed by atoms with van der Waals surface area (Å²) in [7, 11) is 0. The second-order valence-electron chi connectivity index (χ2n) is 5.55. The van der Waals surface area contributed by atoms with Crippen LogP contribution in [0.4, 0.5) is 5.69 Å². The molecule has 24 heavy (non-hydrogen) atoms. The van der Waals surface area contributed by atoms with E-state index in [1.807, 2.05) is 72.8 Å². The molecular formula is C20H14ClN3. The summed E-state index contributed by atoms with van der Waals surface area (Å²) in [5.74, 6) is 0. The second kappa shape index (κ2) is 5.95. The molecule has 0 radical (unpaired) electrons. The highest BCUT2D eigenvalue weighted by molar-refractivity contribution is 6.35. The Kier molecular flexibility index (Phi) is 3.63. The van der Waals surface area contributed by atoms with Crippen LogP contribution in [0.3, 0.4) is 0 Å². The number of hydrogen-bond donors (Lipinski definition) is 1. The number of aromatic nitrogens is 2. The number of anilines is 1. The van der Waals surface area contributed by atoms with E-state index in [-0.39, 0.29) is 0 Å². The Morgan fingerprint density at radius 1 is 0.750 bits per heavy atom. The van der Waals surface area contributed by atoms with E-state index in [0.29, 0.717) is 16.2 Å². The standard InChI is InChI=1S/C20H14ClN3/c21-17-11-5-10-16-18(14-8-4-9-15(22)12-14)19(23-24-20(16)17)13-6-2-1-3-7-13/h1-12H,22H2. The van der Waals surface area contributed by atoms with E-state index < -0.39 is 0 Å². The average Bonchev–Trinajstić information content (AvgIpc) is 2.62. The number of hydrogen-bond acceptors (Lipinski definition) is 3. The van der Waals surface area contributed by atoms with Crippen molar-refractivity contribution in [2.24, 2.45) is 0 Å². The first-order valence-corrected chi connectivity index (χ1v) is 7.98. The van der Waals surface area contributed by atoms with Crippen molar-refractivity contribution in [3.05, 3.63) is 77.8 Å². The second-order valence-corrected chi connectivity index (χ2v) is 5.96. The van der Waals surface area contributed by atoms with Gasteiger partial charge in [-0.05, 0) is 23.8 Å². The minimum absolute atomic E-state index is 0.588. The highest BCUT2D eigenvalue weighted by Gasteiger charge is 2.16. The summed E-state index contributed by atoms with van der Waals surface area (Å²) >= 11 is 6.32. The summed E-state index contributed by atoms with van der Waals surface area (Å²) in [6.45, 7) is 0. The molecule has 0 aliphatic carbocycles. The summed E-state index contributed by atoms with van der Waals surface area (Å²) in [6.07, 6.45) is 0. The van der Waals surface area contributed by atoms with Gasteiger partial charge in [0.2, 0.25) is 0 Å². The molecule has 0 fully saturated rings. The molecule has 0 saturated carbocycles. The summed E-state index contributed by atoms with van der Waals surface area (Å²) in [5.41, 5.74) is 11.2. The van der Waals surface area contributed by atoms with E-state index in [1.54, 1.807) is 0 Å². The Morgan fingerprint density at radius 2 is 1.50 bits per heavy atom. The number of benzene rings is 3. The van der Waals surface area contributed by atoms with Crippen LogP contribution in [0.25, 0.3) is 33.3 Å². The first kappa shape index (κ1) is 14.7. The van der Waals surface area contributed by atoms with Gasteiger partial charge in [0, 0.05) is 22.2 Å². The molecule has 0 aliphatic rings. The molecule has 3 nitrogen and oxygen atoms in total. The lowest BCUT2D eigenvalue weighted by Crippen LogP contribution is -1.96. The van der Waals surface area contributed by atoms with E-state index in [2.05, 4.69) is 10.2 Å². The Hall–Kier alpha value is -2.91. The van der Waals surface area contributed by atoms with Crippen LogP contribution in [0.1, 0.15) is 0 Å². The van der Waals surface area contributed by atoms with E-state index in [9.17, 15) is 0 Å². The van der Waals surface area contributed by atoms with Crippen LogP contribution in [0.15, 0.2) is 72.8 Å². The third kappa shape index (κ3) is 2.49. The molecule has 0 bridgehead atoms. The molecule has 2 N–H and O–H groups in total. The molecule has 1 heterocycles. The Balaban J connectivity index is 2.12. The maximum Gasteiger partial charge on any atom is 0.112 e. The number of nitrogens with zero attached hydrogens (tertiary/aromatic N) is 2. The van der Waals surface area contributed by atoms with E-state index >= 15 is 0 Å². The van der Waals surface area contributed by atoms with Crippen molar-refractivity contribution in [2.45, 2.75) is 0 Å². The Morgan fingerprint density at radius 3 is 2.29 bits per heavy atom. The number of fused-ring (bicyclic) bond motifs is 1. The molecule has 4 aromatic rings. The summed E-state index contributed by atoms with van der Waals surface area (Å²) < 4.78 is 0. The van der Waals surface area contributed by atoms with Crippen molar-refractivity contribution in [1.29, 1.82) is 0 Å². The predicted octanol–water partition coefficient (Wildman–Crippen LogP) is 5.20. The molecule has 1 aromatic heterocycles. The fourth-order valence-electron chi connectivity index (χ4n) is 2.88. The molecule has 0 amide bonds. The van der Waals surface area contributed by atoms with Gasteiger partial charge < -0.3 is 5.73 Å². The average molecular weight is 332 g/mol. The normalized spacial score (nSPS) is 10.9.